The molecule has 2 N–H and O–H groups in total. The van der Waals surface area contributed by atoms with Crippen molar-refractivity contribution < 1.29 is 14.3 Å². The van der Waals surface area contributed by atoms with Gasteiger partial charge in [-0.2, -0.15) is 0 Å². The number of carbonyl (C=O) groups is 2. The summed E-state index contributed by atoms with van der Waals surface area (Å²) in [7, 11) is 1.56. The molecule has 0 aliphatic rings. The van der Waals surface area contributed by atoms with E-state index in [9.17, 15) is 9.59 Å². The molecule has 23 heavy (non-hydrogen) atoms. The van der Waals surface area contributed by atoms with Gasteiger partial charge < -0.3 is 15.4 Å². The van der Waals surface area contributed by atoms with Crippen LogP contribution in [-0.4, -0.2) is 25.0 Å². The third-order valence-corrected chi connectivity index (χ3v) is 3.29. The molecule has 120 valence electrons. The van der Waals surface area contributed by atoms with Crippen LogP contribution in [0.15, 0.2) is 48.5 Å². The maximum atomic E-state index is 12.2. The van der Waals surface area contributed by atoms with E-state index in [0.717, 1.165) is 5.56 Å². The summed E-state index contributed by atoms with van der Waals surface area (Å²) >= 11 is 0. The fourth-order valence-electron chi connectivity index (χ4n) is 2.07. The maximum absolute atomic E-state index is 12.2. The molecule has 2 aromatic rings. The van der Waals surface area contributed by atoms with E-state index in [-0.39, 0.29) is 11.8 Å². The van der Waals surface area contributed by atoms with E-state index in [4.69, 9.17) is 4.74 Å². The molecule has 1 unspecified atom stereocenters. The molecule has 1 atom stereocenters. The van der Waals surface area contributed by atoms with E-state index in [2.05, 4.69) is 10.6 Å². The average Bonchev–Trinajstić information content (AvgIpc) is 2.54. The van der Waals surface area contributed by atoms with Crippen LogP contribution in [-0.2, 0) is 4.79 Å². The standard InChI is InChI=1S/C18H20N2O3/c1-12-6-4-9-16(10-12)23-13(2)17(21)20-15-8-5-7-14(11-15)18(22)19-3/h4-11,13H,1-3H3,(H,19,22)(H,20,21). The Bertz CT molecular complexity index is 713. The number of rotatable bonds is 5. The summed E-state index contributed by atoms with van der Waals surface area (Å²) in [4.78, 5) is 23.8. The van der Waals surface area contributed by atoms with Crippen LogP contribution in [0.3, 0.4) is 0 Å². The van der Waals surface area contributed by atoms with Gasteiger partial charge in [0.2, 0.25) is 0 Å². The van der Waals surface area contributed by atoms with Crippen LogP contribution in [0, 0.1) is 6.92 Å². The molecule has 0 aliphatic heterocycles. The van der Waals surface area contributed by atoms with Gasteiger partial charge in [-0.25, -0.2) is 0 Å². The van der Waals surface area contributed by atoms with Crippen molar-refractivity contribution in [3.63, 3.8) is 0 Å². The van der Waals surface area contributed by atoms with E-state index >= 15 is 0 Å². The monoisotopic (exact) mass is 312 g/mol. The minimum absolute atomic E-state index is 0.204. The quantitative estimate of drug-likeness (QED) is 0.892. The molecule has 5 nitrogen and oxygen atoms in total. The summed E-state index contributed by atoms with van der Waals surface area (Å²) in [6, 6.07) is 14.3. The zero-order valence-corrected chi connectivity index (χ0v) is 13.4. The van der Waals surface area contributed by atoms with Gasteiger partial charge in [-0.15, -0.1) is 0 Å². The summed E-state index contributed by atoms with van der Waals surface area (Å²) < 4.78 is 5.64. The second-order valence-corrected chi connectivity index (χ2v) is 5.23. The lowest BCUT2D eigenvalue weighted by Crippen LogP contribution is -2.30. The highest BCUT2D eigenvalue weighted by molar-refractivity contribution is 5.98. The fraction of sp³-hybridized carbons (Fsp3) is 0.222. The third kappa shape index (κ3) is 4.57. The first-order chi connectivity index (χ1) is 11.0. The van der Waals surface area contributed by atoms with Crippen LogP contribution >= 0.6 is 0 Å². The molecule has 0 saturated carbocycles. The molecule has 0 bridgehead atoms. The molecule has 0 fully saturated rings. The van der Waals surface area contributed by atoms with Gasteiger partial charge in [0.05, 0.1) is 0 Å². The Hall–Kier alpha value is -2.82. The predicted molar refractivity (Wildman–Crippen MR) is 89.7 cm³/mol. The fourth-order valence-corrected chi connectivity index (χ4v) is 2.07. The Morgan fingerprint density at radius 2 is 1.83 bits per heavy atom. The summed E-state index contributed by atoms with van der Waals surface area (Å²) in [5.41, 5.74) is 2.10. The molecule has 0 aromatic heterocycles. The van der Waals surface area contributed by atoms with Gasteiger partial charge in [0.1, 0.15) is 5.75 Å². The van der Waals surface area contributed by atoms with Crippen LogP contribution in [0.4, 0.5) is 5.69 Å². The first-order valence-corrected chi connectivity index (χ1v) is 7.36. The summed E-state index contributed by atoms with van der Waals surface area (Å²) in [5.74, 6) is 0.164. The number of hydrogen-bond donors (Lipinski definition) is 2. The molecule has 2 aromatic carbocycles. The van der Waals surface area contributed by atoms with Crippen molar-refractivity contribution in [2.24, 2.45) is 0 Å². The van der Waals surface area contributed by atoms with E-state index < -0.39 is 6.10 Å². The van der Waals surface area contributed by atoms with Crippen molar-refractivity contribution >= 4 is 17.5 Å². The molecule has 0 saturated heterocycles. The van der Waals surface area contributed by atoms with E-state index in [1.807, 2.05) is 31.2 Å². The van der Waals surface area contributed by atoms with Crippen molar-refractivity contribution in [1.29, 1.82) is 0 Å². The van der Waals surface area contributed by atoms with Crippen molar-refractivity contribution in [2.75, 3.05) is 12.4 Å². The minimum atomic E-state index is -0.652. The summed E-state index contributed by atoms with van der Waals surface area (Å²) in [6.45, 7) is 3.64. The lowest BCUT2D eigenvalue weighted by atomic mass is 10.2. The second kappa shape index (κ2) is 7.45. The van der Waals surface area contributed by atoms with E-state index in [0.29, 0.717) is 17.0 Å². The van der Waals surface area contributed by atoms with E-state index in [1.165, 1.54) is 0 Å². The van der Waals surface area contributed by atoms with Gasteiger partial charge >= 0.3 is 0 Å². The molecule has 0 radical (unpaired) electrons. The van der Waals surface area contributed by atoms with Crippen LogP contribution in [0.25, 0.3) is 0 Å². The average molecular weight is 312 g/mol. The first kappa shape index (κ1) is 16.5. The summed E-state index contributed by atoms with van der Waals surface area (Å²) in [6.07, 6.45) is -0.652. The number of hydrogen-bond acceptors (Lipinski definition) is 3. The van der Waals surface area contributed by atoms with Crippen molar-refractivity contribution in [2.45, 2.75) is 20.0 Å². The van der Waals surface area contributed by atoms with Gasteiger partial charge in [0, 0.05) is 18.3 Å². The van der Waals surface area contributed by atoms with Gasteiger partial charge in [0.25, 0.3) is 11.8 Å². The molecular formula is C18H20N2O3. The molecule has 5 heteroatoms. The topological polar surface area (TPSA) is 67.4 Å². The first-order valence-electron chi connectivity index (χ1n) is 7.36. The Kier molecular flexibility index (Phi) is 5.36. The largest absolute Gasteiger partial charge is 0.481 e. The van der Waals surface area contributed by atoms with Crippen molar-refractivity contribution in [3.05, 3.63) is 59.7 Å². The van der Waals surface area contributed by atoms with Crippen molar-refractivity contribution in [3.8, 4) is 5.75 Å². The highest BCUT2D eigenvalue weighted by atomic mass is 16.5. The zero-order valence-electron chi connectivity index (χ0n) is 13.4. The molecular weight excluding hydrogens is 292 g/mol. The Labute approximate surface area is 135 Å². The Balaban J connectivity index is 2.02. The number of nitrogens with one attached hydrogen (secondary N) is 2. The Morgan fingerprint density at radius 3 is 2.52 bits per heavy atom. The number of amides is 2. The maximum Gasteiger partial charge on any atom is 0.265 e. The van der Waals surface area contributed by atoms with Crippen LogP contribution < -0.4 is 15.4 Å². The van der Waals surface area contributed by atoms with Gasteiger partial charge in [-0.3, -0.25) is 9.59 Å². The van der Waals surface area contributed by atoms with Gasteiger partial charge in [-0.05, 0) is 49.7 Å². The Morgan fingerprint density at radius 1 is 1.09 bits per heavy atom. The third-order valence-electron chi connectivity index (χ3n) is 3.29. The van der Waals surface area contributed by atoms with Crippen LogP contribution in [0.1, 0.15) is 22.8 Å². The van der Waals surface area contributed by atoms with Gasteiger partial charge in [-0.1, -0.05) is 18.2 Å². The lowest BCUT2D eigenvalue weighted by molar-refractivity contribution is -0.122. The van der Waals surface area contributed by atoms with E-state index in [1.54, 1.807) is 38.2 Å². The number of aryl methyl sites for hydroxylation is 1. The number of benzene rings is 2. The summed E-state index contributed by atoms with van der Waals surface area (Å²) in [5, 5.41) is 5.30. The molecule has 2 rings (SSSR count). The SMILES string of the molecule is CNC(=O)c1cccc(NC(=O)C(C)Oc2cccc(C)c2)c1. The highest BCUT2D eigenvalue weighted by Gasteiger charge is 2.15. The normalized spacial score (nSPS) is 11.4. The molecule has 0 spiro atoms. The van der Waals surface area contributed by atoms with Gasteiger partial charge in [0.15, 0.2) is 6.10 Å². The second-order valence-electron chi connectivity index (χ2n) is 5.23. The molecule has 0 heterocycles. The number of ether oxygens (including phenoxy) is 1. The van der Waals surface area contributed by atoms with Crippen LogP contribution in [0.5, 0.6) is 5.75 Å². The highest BCUT2D eigenvalue weighted by Crippen LogP contribution is 2.16. The van der Waals surface area contributed by atoms with Crippen molar-refractivity contribution in [1.82, 2.24) is 5.32 Å². The number of carbonyl (C=O) groups excluding carboxylic acids is 2. The lowest BCUT2D eigenvalue weighted by Gasteiger charge is -2.15. The molecule has 0 aliphatic carbocycles. The van der Waals surface area contributed by atoms with Crippen LogP contribution in [0.2, 0.25) is 0 Å². The zero-order chi connectivity index (χ0) is 16.8. The predicted octanol–water partition coefficient (Wildman–Crippen LogP) is 2.76. The smallest absolute Gasteiger partial charge is 0.265 e. The minimum Gasteiger partial charge on any atom is -0.481 e. The number of anilines is 1. The molecule has 2 amide bonds.